The average Bonchev–Trinajstić information content (AvgIpc) is 1.77. The van der Waals surface area contributed by atoms with Crippen LogP contribution in [0, 0.1) is 0 Å². The van der Waals surface area contributed by atoms with Crippen molar-refractivity contribution >= 4 is 0 Å². The zero-order valence-corrected chi connectivity index (χ0v) is 5.49. The minimum absolute atomic E-state index is 0. The molecule has 0 saturated carbocycles. The summed E-state index contributed by atoms with van der Waals surface area (Å²) in [7, 11) is 0. The number of nitrogens with zero attached hydrogens (tertiary/aromatic N) is 1. The molecule has 0 aliphatic carbocycles. The van der Waals surface area contributed by atoms with Crippen molar-refractivity contribution in [3.05, 3.63) is 28.7 Å². The summed E-state index contributed by atoms with van der Waals surface area (Å²) in [4.78, 5) is 13.8. The summed E-state index contributed by atoms with van der Waals surface area (Å²) in [5.41, 5.74) is -0.389. The first-order valence-corrected chi connectivity index (χ1v) is 2.10. The fraction of sp³-hybridized carbons (Fsp3) is 0. The Bertz CT molecular complexity index is 232. The Labute approximate surface area is 62.2 Å². The van der Waals surface area contributed by atoms with E-state index in [-0.39, 0.29) is 28.2 Å². The van der Waals surface area contributed by atoms with Crippen LogP contribution in [-0.2, 0) is 17.1 Å². The molecule has 0 saturated heterocycles. The summed E-state index contributed by atoms with van der Waals surface area (Å²) in [6.45, 7) is 0. The van der Waals surface area contributed by atoms with Gasteiger partial charge in [-0.2, -0.15) is 6.20 Å². The number of pyridine rings is 1. The summed E-state index contributed by atoms with van der Waals surface area (Å²) in [6.07, 6.45) is 2.45. The van der Waals surface area contributed by atoms with Crippen molar-refractivity contribution in [1.29, 1.82) is 0 Å². The van der Waals surface area contributed by atoms with Crippen molar-refractivity contribution in [2.24, 2.45) is 0 Å². The fourth-order valence-electron chi connectivity index (χ4n) is 0.373. The third-order valence-corrected chi connectivity index (χ3v) is 0.761. The van der Waals surface area contributed by atoms with Crippen molar-refractivity contribution in [2.75, 3.05) is 0 Å². The topological polar surface area (TPSA) is 51.4 Å². The molecule has 0 unspecified atom stereocenters. The quantitative estimate of drug-likeness (QED) is 0.538. The summed E-state index contributed by atoms with van der Waals surface area (Å²) >= 11 is 0. The zero-order valence-electron chi connectivity index (χ0n) is 4.39. The second kappa shape index (κ2) is 3.33. The van der Waals surface area contributed by atoms with Crippen molar-refractivity contribution in [2.45, 2.75) is 0 Å². The molecular formula is C5H4FeNO2-. The molecule has 0 spiro atoms. The van der Waals surface area contributed by atoms with Gasteiger partial charge in [-0.25, -0.2) is 0 Å². The molecule has 3 nitrogen and oxygen atoms in total. The minimum Gasteiger partial charge on any atom is -0.667 e. The van der Waals surface area contributed by atoms with Gasteiger partial charge in [0.25, 0.3) is 0 Å². The van der Waals surface area contributed by atoms with Crippen molar-refractivity contribution in [1.82, 2.24) is 4.98 Å². The third-order valence-electron chi connectivity index (χ3n) is 0.761. The van der Waals surface area contributed by atoms with E-state index in [2.05, 4.69) is 4.98 Å². The largest absolute Gasteiger partial charge is 0.667 e. The molecule has 0 bridgehead atoms. The molecule has 0 fully saturated rings. The van der Waals surface area contributed by atoms with Gasteiger partial charge in [0, 0.05) is 17.1 Å². The van der Waals surface area contributed by atoms with Crippen LogP contribution < -0.4 is 10.4 Å². The molecule has 0 amide bonds. The van der Waals surface area contributed by atoms with E-state index in [1.807, 2.05) is 0 Å². The molecule has 0 aliphatic rings. The minimum atomic E-state index is -0.389. The molecule has 1 heterocycles. The zero-order chi connectivity index (χ0) is 5.98. The summed E-state index contributed by atoms with van der Waals surface area (Å²) in [5, 5.41) is 8.54. The van der Waals surface area contributed by atoms with Crippen LogP contribution in [-0.4, -0.2) is 5.11 Å². The molecule has 1 aromatic heterocycles. The monoisotopic (exact) mass is 166 g/mol. The van der Waals surface area contributed by atoms with E-state index in [1.165, 1.54) is 12.3 Å². The van der Waals surface area contributed by atoms with Crippen LogP contribution in [0.3, 0.4) is 0 Å². The Morgan fingerprint density at radius 1 is 1.56 bits per heavy atom. The van der Waals surface area contributed by atoms with E-state index in [9.17, 15) is 4.79 Å². The smallest absolute Gasteiger partial charge is 0.216 e. The van der Waals surface area contributed by atoms with Crippen molar-refractivity contribution in [3.63, 3.8) is 0 Å². The molecule has 1 rings (SSSR count). The van der Waals surface area contributed by atoms with Crippen molar-refractivity contribution in [3.8, 4) is 5.75 Å². The molecular weight excluding hydrogens is 162 g/mol. The van der Waals surface area contributed by atoms with E-state index < -0.39 is 0 Å². The molecule has 9 heavy (non-hydrogen) atoms. The van der Waals surface area contributed by atoms with E-state index in [0.717, 1.165) is 6.20 Å². The van der Waals surface area contributed by atoms with Gasteiger partial charge in [-0.05, 0) is 6.07 Å². The van der Waals surface area contributed by atoms with Crippen LogP contribution in [0.2, 0.25) is 0 Å². The third kappa shape index (κ3) is 1.91. The normalized spacial score (nSPS) is 8.00. The second-order valence-electron chi connectivity index (χ2n) is 1.34. The van der Waals surface area contributed by atoms with Gasteiger partial charge in [-0.3, -0.25) is 4.79 Å². The van der Waals surface area contributed by atoms with E-state index in [4.69, 9.17) is 5.11 Å². The number of aromatic hydroxyl groups is 1. The average molecular weight is 166 g/mol. The van der Waals surface area contributed by atoms with Gasteiger partial charge < -0.3 is 10.1 Å². The Kier molecular flexibility index (Phi) is 3.06. The van der Waals surface area contributed by atoms with Crippen LogP contribution in [0.5, 0.6) is 5.75 Å². The number of rotatable bonds is 0. The Hall–Kier alpha value is -0.731. The molecule has 1 aromatic rings. The van der Waals surface area contributed by atoms with Gasteiger partial charge in [0.1, 0.15) is 5.75 Å². The first-order chi connectivity index (χ1) is 3.80. The molecule has 0 atom stereocenters. The summed E-state index contributed by atoms with van der Waals surface area (Å²) in [6, 6.07) is 1.20. The maximum Gasteiger partial charge on any atom is 0.216 e. The van der Waals surface area contributed by atoms with Crippen LogP contribution >= 0.6 is 0 Å². The number of aromatic nitrogens is 1. The molecule has 50 valence electrons. The fourth-order valence-corrected chi connectivity index (χ4v) is 0.373. The van der Waals surface area contributed by atoms with Gasteiger partial charge >= 0.3 is 0 Å². The van der Waals surface area contributed by atoms with Crippen LogP contribution in [0.25, 0.3) is 0 Å². The van der Waals surface area contributed by atoms with Crippen LogP contribution in [0.4, 0.5) is 0 Å². The van der Waals surface area contributed by atoms with Crippen LogP contribution in [0.15, 0.2) is 23.3 Å². The summed E-state index contributed by atoms with van der Waals surface area (Å²) in [5.74, 6) is -0.299. The molecule has 0 aromatic carbocycles. The second-order valence-corrected chi connectivity index (χ2v) is 1.34. The predicted octanol–water partition coefficient (Wildman–Crippen LogP) is -0.293. The maximum absolute atomic E-state index is 10.3. The Morgan fingerprint density at radius 2 is 2.22 bits per heavy atom. The van der Waals surface area contributed by atoms with E-state index in [0.29, 0.717) is 0 Å². The standard InChI is InChI=1S/C5H5NO2.Fe/c7-4-1-2-6-3-5(4)8;/h1-3H,(H2,6,7,8);/p-1. The molecule has 1 N–H and O–H groups in total. The predicted molar refractivity (Wildman–Crippen MR) is 27.7 cm³/mol. The number of hydrogen-bond acceptors (Lipinski definition) is 2. The van der Waals surface area contributed by atoms with Gasteiger partial charge in [-0.1, -0.05) is 0 Å². The van der Waals surface area contributed by atoms with E-state index in [1.54, 1.807) is 0 Å². The maximum atomic E-state index is 10.3. The van der Waals surface area contributed by atoms with Crippen LogP contribution in [0.1, 0.15) is 0 Å². The van der Waals surface area contributed by atoms with Crippen molar-refractivity contribution < 1.29 is 22.2 Å². The number of hydrogen-bond donors (Lipinski definition) is 1. The van der Waals surface area contributed by atoms with Gasteiger partial charge in [0.15, 0.2) is 0 Å². The molecule has 0 radical (unpaired) electrons. The first-order valence-electron chi connectivity index (χ1n) is 2.10. The first kappa shape index (κ1) is 8.27. The SMILES string of the molecule is O=c1cc[n-]cc1O.[Fe]. The summed E-state index contributed by atoms with van der Waals surface area (Å²) < 4.78 is 0. The molecule has 4 heteroatoms. The van der Waals surface area contributed by atoms with Gasteiger partial charge in [0.05, 0.1) is 0 Å². The Morgan fingerprint density at radius 3 is 2.56 bits per heavy atom. The van der Waals surface area contributed by atoms with Gasteiger partial charge in [0.2, 0.25) is 5.43 Å². The van der Waals surface area contributed by atoms with E-state index >= 15 is 0 Å². The molecule has 0 aliphatic heterocycles. The Balaban J connectivity index is 0.000000640. The van der Waals surface area contributed by atoms with Gasteiger partial charge in [-0.15, -0.1) is 6.20 Å².